The Bertz CT molecular complexity index is 491. The van der Waals surface area contributed by atoms with Crippen LogP contribution in [0.1, 0.15) is 19.6 Å². The molecular weight excluding hydrogens is 317 g/mol. The molecule has 0 spiro atoms. The summed E-state index contributed by atoms with van der Waals surface area (Å²) in [6.45, 7) is 6.27. The summed E-state index contributed by atoms with van der Waals surface area (Å²) in [5.41, 5.74) is -2.79. The number of hydrogen-bond donors (Lipinski definition) is 0. The van der Waals surface area contributed by atoms with Crippen LogP contribution in [0, 0.1) is 6.92 Å². The van der Waals surface area contributed by atoms with E-state index in [1.54, 1.807) is 6.92 Å². The first-order chi connectivity index (χ1) is 8.43. The van der Waals surface area contributed by atoms with E-state index in [0.717, 1.165) is 4.74 Å². The third kappa shape index (κ3) is 4.11. The van der Waals surface area contributed by atoms with Crippen molar-refractivity contribution in [2.45, 2.75) is 26.6 Å². The Morgan fingerprint density at radius 2 is 2.00 bits per heavy atom. The zero-order valence-electron chi connectivity index (χ0n) is 10.3. The van der Waals surface area contributed by atoms with Gasteiger partial charge in [0.05, 0.1) is 13.2 Å². The highest BCUT2D eigenvalue weighted by Gasteiger charge is 2.21. The van der Waals surface area contributed by atoms with Gasteiger partial charge in [-0.15, -0.1) is 0 Å². The van der Waals surface area contributed by atoms with Crippen LogP contribution >= 0.6 is 28.7 Å². The van der Waals surface area contributed by atoms with E-state index in [1.807, 2.05) is 13.8 Å². The Morgan fingerprint density at radius 1 is 1.44 bits per heavy atom. The monoisotopic (exact) mass is 331 g/mol. The molecule has 0 aromatic carbocycles. The van der Waals surface area contributed by atoms with Gasteiger partial charge in [0.25, 0.3) is 0 Å². The number of aromatic nitrogens is 1. The molecule has 1 aromatic rings. The molecule has 9 heteroatoms. The molecule has 0 unspecified atom stereocenters. The maximum Gasteiger partial charge on any atom is 0.302 e. The third-order valence-corrected chi connectivity index (χ3v) is 7.63. The molecule has 0 aliphatic heterocycles. The molecule has 0 N–H and O–H groups in total. The summed E-state index contributed by atoms with van der Waals surface area (Å²) in [6, 6.07) is 0. The molecule has 1 heterocycles. The molecule has 0 bridgehead atoms. The van der Waals surface area contributed by atoms with Gasteiger partial charge < -0.3 is 13.6 Å². The largest absolute Gasteiger partial charge is 0.379 e. The lowest BCUT2D eigenvalue weighted by Crippen LogP contribution is -2.13. The summed E-state index contributed by atoms with van der Waals surface area (Å²) >= 11 is 12.3. The molecular formula is C9H15ClNO4PS2. The minimum atomic E-state index is -2.42. The lowest BCUT2D eigenvalue weighted by atomic mass is 10.5. The van der Waals surface area contributed by atoms with E-state index in [2.05, 4.69) is 0 Å². The quantitative estimate of drug-likeness (QED) is 0.714. The summed E-state index contributed by atoms with van der Waals surface area (Å²) in [7, 11) is 0. The van der Waals surface area contributed by atoms with E-state index in [1.165, 1.54) is 11.4 Å². The predicted molar refractivity (Wildman–Crippen MR) is 77.8 cm³/mol. The Morgan fingerprint density at radius 3 is 2.39 bits per heavy atom. The van der Waals surface area contributed by atoms with Crippen LogP contribution in [0.5, 0.6) is 0 Å². The average Bonchev–Trinajstić information content (AvgIpc) is 2.55. The lowest BCUT2D eigenvalue weighted by molar-refractivity contribution is 0.273. The summed E-state index contributed by atoms with van der Waals surface area (Å²) in [4.78, 5) is 11.6. The second kappa shape index (κ2) is 7.12. The molecule has 0 amide bonds. The van der Waals surface area contributed by atoms with Gasteiger partial charge in [0.15, 0.2) is 5.76 Å². The number of hydrogen-bond acceptors (Lipinski definition) is 6. The maximum absolute atomic E-state index is 11.6. The minimum Gasteiger partial charge on any atom is -0.379 e. The molecule has 0 aliphatic rings. The molecule has 0 atom stereocenters. The highest BCUT2D eigenvalue weighted by Crippen LogP contribution is 2.61. The van der Waals surface area contributed by atoms with E-state index in [0.29, 0.717) is 19.0 Å². The summed E-state index contributed by atoms with van der Waals surface area (Å²) in [5.74, 6) is 0.618. The van der Waals surface area contributed by atoms with Crippen molar-refractivity contribution in [1.82, 2.24) is 4.74 Å². The summed E-state index contributed by atoms with van der Waals surface area (Å²) in [5, 5.41) is 0.0942. The molecule has 0 radical (unpaired) electrons. The first-order valence-electron chi connectivity index (χ1n) is 5.33. The number of halogens is 1. The van der Waals surface area contributed by atoms with E-state index < -0.39 is 5.69 Å². The number of rotatable bonds is 7. The standard InChI is InChI=1S/C9H15ClNO4PS2/c1-4-13-16(17,14-5-2)18-6-11-9(12)8(10)7(3)15-11/h4-6H2,1-3H3. The van der Waals surface area contributed by atoms with Crippen molar-refractivity contribution in [3.05, 3.63) is 21.1 Å². The fraction of sp³-hybridized carbons (Fsp3) is 0.667. The molecule has 18 heavy (non-hydrogen) atoms. The molecule has 0 saturated heterocycles. The molecule has 104 valence electrons. The van der Waals surface area contributed by atoms with Crippen molar-refractivity contribution >= 4 is 40.5 Å². The van der Waals surface area contributed by atoms with Crippen LogP contribution in [0.2, 0.25) is 5.02 Å². The van der Waals surface area contributed by atoms with Crippen LogP contribution in [-0.4, -0.2) is 18.0 Å². The van der Waals surface area contributed by atoms with Crippen molar-refractivity contribution in [3.8, 4) is 0 Å². The maximum atomic E-state index is 11.6. The first kappa shape index (κ1) is 16.3. The van der Waals surface area contributed by atoms with Crippen molar-refractivity contribution < 1.29 is 13.6 Å². The Labute approximate surface area is 120 Å². The Kier molecular flexibility index (Phi) is 6.44. The van der Waals surface area contributed by atoms with E-state index in [4.69, 9.17) is 37.0 Å². The van der Waals surface area contributed by atoms with Gasteiger partial charge in [0, 0.05) is 0 Å². The molecule has 0 fully saturated rings. The highest BCUT2D eigenvalue weighted by molar-refractivity contribution is 8.67. The normalized spacial score (nSPS) is 12.0. The van der Waals surface area contributed by atoms with Gasteiger partial charge in [-0.3, -0.25) is 4.79 Å². The van der Waals surface area contributed by atoms with Crippen LogP contribution in [0.15, 0.2) is 9.32 Å². The van der Waals surface area contributed by atoms with Crippen molar-refractivity contribution in [1.29, 1.82) is 0 Å². The topological polar surface area (TPSA) is 53.6 Å². The van der Waals surface area contributed by atoms with Gasteiger partial charge in [-0.2, -0.15) is 4.74 Å². The van der Waals surface area contributed by atoms with Crippen LogP contribution in [0.3, 0.4) is 0 Å². The lowest BCUT2D eigenvalue weighted by Gasteiger charge is -2.19. The van der Waals surface area contributed by atoms with Gasteiger partial charge in [-0.1, -0.05) is 11.6 Å². The van der Waals surface area contributed by atoms with Gasteiger partial charge >= 0.3 is 5.56 Å². The fourth-order valence-corrected chi connectivity index (χ4v) is 5.42. The van der Waals surface area contributed by atoms with E-state index in [9.17, 15) is 4.79 Å². The second-order valence-corrected chi connectivity index (χ2v) is 9.84. The van der Waals surface area contributed by atoms with Crippen molar-refractivity contribution in [2.75, 3.05) is 13.2 Å². The van der Waals surface area contributed by atoms with Crippen LogP contribution in [0.25, 0.3) is 0 Å². The zero-order chi connectivity index (χ0) is 13.8. The number of aryl methyl sites for hydroxylation is 1. The Hall–Kier alpha value is 0.220. The van der Waals surface area contributed by atoms with Crippen molar-refractivity contribution in [3.63, 3.8) is 0 Å². The third-order valence-electron chi connectivity index (χ3n) is 1.88. The molecule has 1 aromatic heterocycles. The summed E-state index contributed by atoms with van der Waals surface area (Å²) < 4.78 is 17.3. The van der Waals surface area contributed by atoms with Crippen molar-refractivity contribution in [2.24, 2.45) is 0 Å². The van der Waals surface area contributed by atoms with E-state index in [-0.39, 0.29) is 16.5 Å². The zero-order valence-corrected chi connectivity index (χ0v) is 13.6. The summed E-state index contributed by atoms with van der Waals surface area (Å²) in [6.07, 6.45) is 0. The first-order valence-corrected chi connectivity index (χ1v) is 9.94. The smallest absolute Gasteiger partial charge is 0.302 e. The van der Waals surface area contributed by atoms with Gasteiger partial charge in [-0.05, 0) is 44.0 Å². The van der Waals surface area contributed by atoms with Gasteiger partial charge in [0.1, 0.15) is 10.9 Å². The van der Waals surface area contributed by atoms with E-state index >= 15 is 0 Å². The van der Waals surface area contributed by atoms with Gasteiger partial charge in [-0.25, -0.2) is 0 Å². The molecule has 1 rings (SSSR count). The van der Waals surface area contributed by atoms with Crippen LogP contribution in [-0.2, 0) is 26.7 Å². The Balaban J connectivity index is 2.76. The SMILES string of the molecule is CCOP(=S)(OCC)SCn1oc(C)c(Cl)c1=O. The molecule has 0 saturated carbocycles. The minimum absolute atomic E-state index is 0.0942. The van der Waals surface area contributed by atoms with Crippen LogP contribution in [0.4, 0.5) is 0 Å². The molecule has 0 aliphatic carbocycles. The van der Waals surface area contributed by atoms with Crippen LogP contribution < -0.4 is 5.56 Å². The van der Waals surface area contributed by atoms with Gasteiger partial charge in [0.2, 0.25) is 5.69 Å². The second-order valence-electron chi connectivity index (χ2n) is 3.19. The number of nitrogens with zero attached hydrogens (tertiary/aromatic N) is 1. The fourth-order valence-electron chi connectivity index (χ4n) is 1.14. The highest BCUT2D eigenvalue weighted by atomic mass is 35.5. The predicted octanol–water partition coefficient (Wildman–Crippen LogP) is 3.39. The molecule has 5 nitrogen and oxygen atoms in total. The average molecular weight is 332 g/mol.